The van der Waals surface area contributed by atoms with E-state index in [1.165, 1.54) is 17.3 Å². The van der Waals surface area contributed by atoms with Gasteiger partial charge in [-0.15, -0.1) is 0 Å². The van der Waals surface area contributed by atoms with Gasteiger partial charge in [-0.2, -0.15) is 0 Å². The third-order valence-corrected chi connectivity index (χ3v) is 4.09. The molecule has 3 rings (SSSR count). The number of carboxylic acid groups (broad SMARTS) is 1. The summed E-state index contributed by atoms with van der Waals surface area (Å²) in [4.78, 5) is 45.3. The maximum absolute atomic E-state index is 12.7. The second-order valence-electron chi connectivity index (χ2n) is 5.57. The molecule has 2 aromatic rings. The van der Waals surface area contributed by atoms with E-state index in [0.29, 0.717) is 6.42 Å². The highest BCUT2D eigenvalue weighted by molar-refractivity contribution is 6.34. The molecule has 1 aliphatic rings. The zero-order chi connectivity index (χ0) is 17.1. The van der Waals surface area contributed by atoms with E-state index < -0.39 is 23.6 Å². The van der Waals surface area contributed by atoms with E-state index >= 15 is 0 Å². The van der Waals surface area contributed by atoms with Crippen molar-refractivity contribution >= 4 is 23.6 Å². The van der Waals surface area contributed by atoms with Crippen molar-refractivity contribution in [3.8, 4) is 0 Å². The lowest BCUT2D eigenvalue weighted by Crippen LogP contribution is -2.31. The molecule has 0 spiro atoms. The summed E-state index contributed by atoms with van der Waals surface area (Å²) in [5.41, 5.74) is 0.870. The topological polar surface area (TPSA) is 100 Å². The van der Waals surface area contributed by atoms with Gasteiger partial charge in [0.25, 0.3) is 0 Å². The van der Waals surface area contributed by atoms with E-state index in [0.717, 1.165) is 5.56 Å². The average molecular weight is 325 g/mol. The fourth-order valence-corrected chi connectivity index (χ4v) is 2.92. The number of carboxylic acids is 1. The Balaban J connectivity index is 1.91. The number of rotatable bonds is 5. The van der Waals surface area contributed by atoms with E-state index in [4.69, 9.17) is 5.11 Å². The fraction of sp³-hybridized carbons (Fsp3) is 0.235. The average Bonchev–Trinajstić information content (AvgIpc) is 2.92. The molecule has 0 unspecified atom stereocenters. The Labute approximate surface area is 138 Å². The first-order valence-corrected chi connectivity index (χ1v) is 7.47. The third-order valence-electron chi connectivity index (χ3n) is 4.09. The van der Waals surface area contributed by atoms with Crippen LogP contribution in [0, 0.1) is 11.8 Å². The Morgan fingerprint density at radius 3 is 2.42 bits per heavy atom. The predicted octanol–water partition coefficient (Wildman–Crippen LogP) is 0.952. The molecule has 2 heterocycles. The second kappa shape index (κ2) is 6.57. The third kappa shape index (κ3) is 3.01. The summed E-state index contributed by atoms with van der Waals surface area (Å²) in [7, 11) is 0. The first-order chi connectivity index (χ1) is 11.6. The molecule has 0 radical (unpaired) electrons. The second-order valence-corrected chi connectivity index (χ2v) is 5.57. The molecule has 1 fully saturated rings. The van der Waals surface area contributed by atoms with Crippen molar-refractivity contribution in [1.29, 1.82) is 0 Å². The van der Waals surface area contributed by atoms with Gasteiger partial charge in [0.1, 0.15) is 0 Å². The smallest absolute Gasteiger partial charge is 0.372 e. The van der Waals surface area contributed by atoms with Crippen LogP contribution < -0.4 is 4.90 Å². The fourth-order valence-electron chi connectivity index (χ4n) is 2.92. The molecule has 0 saturated carbocycles. The van der Waals surface area contributed by atoms with Gasteiger partial charge in [0.2, 0.25) is 17.6 Å². The van der Waals surface area contributed by atoms with Crippen molar-refractivity contribution in [3.05, 3.63) is 54.4 Å². The lowest BCUT2D eigenvalue weighted by molar-refractivity contribution is -0.151. The molecule has 0 aliphatic carbocycles. The standard InChI is InChI=1S/C17H15N3O4/c21-14(16(23)24)13-10-20(17-18-7-4-8-19-17)15(22)12(13)9-11-5-2-1-3-6-11/h1-8,12-13H,9-10H2,(H,23,24)/t12-,13+/m1/s1. The van der Waals surface area contributed by atoms with Crippen LogP contribution in [0.1, 0.15) is 5.56 Å². The SMILES string of the molecule is O=C(O)C(=O)[C@H]1CN(c2ncccn2)C(=O)[C@@H]1Cc1ccccc1. The molecule has 1 N–H and O–H groups in total. The van der Waals surface area contributed by atoms with E-state index in [9.17, 15) is 14.4 Å². The number of carbonyl (C=O) groups excluding carboxylic acids is 2. The first-order valence-electron chi connectivity index (χ1n) is 7.47. The number of aliphatic carboxylic acids is 1. The van der Waals surface area contributed by atoms with Crippen LogP contribution in [-0.2, 0) is 20.8 Å². The van der Waals surface area contributed by atoms with Gasteiger partial charge in [-0.05, 0) is 18.1 Å². The van der Waals surface area contributed by atoms with Crippen LogP contribution in [0.25, 0.3) is 0 Å². The Bertz CT molecular complexity index is 764. The van der Waals surface area contributed by atoms with Crippen LogP contribution in [0.2, 0.25) is 0 Å². The number of hydrogen-bond acceptors (Lipinski definition) is 5. The van der Waals surface area contributed by atoms with Gasteiger partial charge in [-0.1, -0.05) is 30.3 Å². The molecule has 1 aromatic heterocycles. The summed E-state index contributed by atoms with van der Waals surface area (Å²) in [5, 5.41) is 9.06. The van der Waals surface area contributed by atoms with Gasteiger partial charge in [0.05, 0.1) is 11.8 Å². The summed E-state index contributed by atoms with van der Waals surface area (Å²) in [5.74, 6) is -4.28. The lowest BCUT2D eigenvalue weighted by Gasteiger charge is -2.14. The zero-order valence-electron chi connectivity index (χ0n) is 12.7. The minimum atomic E-state index is -1.53. The van der Waals surface area contributed by atoms with Crippen LogP contribution in [-0.4, -0.2) is 39.3 Å². The summed E-state index contributed by atoms with van der Waals surface area (Å²) >= 11 is 0. The number of aromatic nitrogens is 2. The van der Waals surface area contributed by atoms with Crippen LogP contribution in [0.5, 0.6) is 0 Å². The van der Waals surface area contributed by atoms with Crippen LogP contribution in [0.3, 0.4) is 0 Å². The summed E-state index contributed by atoms with van der Waals surface area (Å²) in [6.07, 6.45) is 3.29. The molecule has 1 aliphatic heterocycles. The molecule has 0 bridgehead atoms. The van der Waals surface area contributed by atoms with E-state index in [1.54, 1.807) is 6.07 Å². The molecule has 122 valence electrons. The summed E-state index contributed by atoms with van der Waals surface area (Å²) < 4.78 is 0. The number of Topliss-reactive ketones (excluding diaryl/α,β-unsaturated/α-hetero) is 1. The van der Waals surface area contributed by atoms with Gasteiger partial charge in [-0.25, -0.2) is 14.8 Å². The normalized spacial score (nSPS) is 20.2. The molecule has 1 saturated heterocycles. The lowest BCUT2D eigenvalue weighted by atomic mass is 9.86. The van der Waals surface area contributed by atoms with Crippen molar-refractivity contribution in [2.75, 3.05) is 11.4 Å². The van der Waals surface area contributed by atoms with Crippen LogP contribution in [0.15, 0.2) is 48.8 Å². The summed E-state index contributed by atoms with van der Waals surface area (Å²) in [6, 6.07) is 10.8. The zero-order valence-corrected chi connectivity index (χ0v) is 12.7. The number of carbonyl (C=O) groups is 3. The van der Waals surface area contributed by atoms with Crippen molar-refractivity contribution < 1.29 is 19.5 Å². The largest absolute Gasteiger partial charge is 0.475 e. The van der Waals surface area contributed by atoms with Crippen molar-refractivity contribution in [3.63, 3.8) is 0 Å². The number of benzene rings is 1. The van der Waals surface area contributed by atoms with Gasteiger partial charge in [0, 0.05) is 18.9 Å². The Kier molecular flexibility index (Phi) is 4.33. The monoisotopic (exact) mass is 325 g/mol. The van der Waals surface area contributed by atoms with Crippen molar-refractivity contribution in [1.82, 2.24) is 9.97 Å². The first kappa shape index (κ1) is 15.8. The van der Waals surface area contributed by atoms with Gasteiger partial charge >= 0.3 is 5.97 Å². The molecule has 24 heavy (non-hydrogen) atoms. The highest BCUT2D eigenvalue weighted by Crippen LogP contribution is 2.31. The molecular formula is C17H15N3O4. The molecular weight excluding hydrogens is 310 g/mol. The Morgan fingerprint density at radius 2 is 1.79 bits per heavy atom. The number of ketones is 1. The molecule has 7 heteroatoms. The number of hydrogen-bond donors (Lipinski definition) is 1. The van der Waals surface area contributed by atoms with E-state index in [-0.39, 0.29) is 18.4 Å². The number of anilines is 1. The van der Waals surface area contributed by atoms with Crippen LogP contribution >= 0.6 is 0 Å². The van der Waals surface area contributed by atoms with Crippen molar-refractivity contribution in [2.24, 2.45) is 11.8 Å². The Hall–Kier alpha value is -3.09. The number of amides is 1. The molecule has 7 nitrogen and oxygen atoms in total. The predicted molar refractivity (Wildman–Crippen MR) is 84.2 cm³/mol. The molecule has 1 amide bonds. The van der Waals surface area contributed by atoms with E-state index in [2.05, 4.69) is 9.97 Å². The van der Waals surface area contributed by atoms with Gasteiger partial charge in [-0.3, -0.25) is 14.5 Å². The highest BCUT2D eigenvalue weighted by atomic mass is 16.4. The van der Waals surface area contributed by atoms with Crippen LogP contribution in [0.4, 0.5) is 5.95 Å². The maximum Gasteiger partial charge on any atom is 0.372 e. The van der Waals surface area contributed by atoms with E-state index in [1.807, 2.05) is 30.3 Å². The maximum atomic E-state index is 12.7. The summed E-state index contributed by atoms with van der Waals surface area (Å²) in [6.45, 7) is -0.0223. The molecule has 2 atom stereocenters. The number of nitrogens with zero attached hydrogens (tertiary/aromatic N) is 3. The van der Waals surface area contributed by atoms with Gasteiger partial charge < -0.3 is 5.11 Å². The Morgan fingerprint density at radius 1 is 1.12 bits per heavy atom. The highest BCUT2D eigenvalue weighted by Gasteiger charge is 2.47. The van der Waals surface area contributed by atoms with Crippen molar-refractivity contribution in [2.45, 2.75) is 6.42 Å². The molecule has 1 aromatic carbocycles. The minimum absolute atomic E-state index is 0.0223. The quantitative estimate of drug-likeness (QED) is 0.822. The van der Waals surface area contributed by atoms with Gasteiger partial charge in [0.15, 0.2) is 0 Å². The minimum Gasteiger partial charge on any atom is -0.475 e.